The van der Waals surface area contributed by atoms with Gasteiger partial charge in [-0.05, 0) is 31.5 Å². The van der Waals surface area contributed by atoms with Gasteiger partial charge in [0.2, 0.25) is 0 Å². The molecule has 0 aliphatic carbocycles. The number of hydrogen-bond acceptors (Lipinski definition) is 2. The van der Waals surface area contributed by atoms with E-state index in [1.807, 2.05) is 38.1 Å². The molecule has 0 amide bonds. The molecular formula is C12H12N2O. The predicted octanol–water partition coefficient (Wildman–Crippen LogP) is 1.85. The first-order valence-electron chi connectivity index (χ1n) is 4.80. The first kappa shape index (κ1) is 9.65. The average molecular weight is 200 g/mol. The summed E-state index contributed by atoms with van der Waals surface area (Å²) in [6.45, 7) is 3.86. The normalized spacial score (nSPS) is 10.3. The zero-order valence-corrected chi connectivity index (χ0v) is 8.77. The maximum Gasteiger partial charge on any atom is 0.271 e. The van der Waals surface area contributed by atoms with Crippen LogP contribution >= 0.6 is 0 Å². The third-order valence-corrected chi connectivity index (χ3v) is 2.22. The fraction of sp³-hybridized carbons (Fsp3) is 0.167. The van der Waals surface area contributed by atoms with Crippen molar-refractivity contribution in [2.75, 3.05) is 0 Å². The van der Waals surface area contributed by atoms with Crippen molar-refractivity contribution in [3.05, 3.63) is 58.0 Å². The second-order valence-electron chi connectivity index (χ2n) is 3.62. The lowest BCUT2D eigenvalue weighted by molar-refractivity contribution is 0.800. The van der Waals surface area contributed by atoms with E-state index in [2.05, 4.69) is 5.10 Å². The van der Waals surface area contributed by atoms with Gasteiger partial charge in [-0.3, -0.25) is 4.79 Å². The minimum Gasteiger partial charge on any atom is -0.267 e. The Morgan fingerprint density at radius 3 is 2.33 bits per heavy atom. The van der Waals surface area contributed by atoms with Gasteiger partial charge in [0, 0.05) is 6.07 Å². The molecule has 3 heteroatoms. The molecule has 0 fully saturated rings. The Morgan fingerprint density at radius 1 is 1.07 bits per heavy atom. The molecule has 0 atom stereocenters. The maximum atomic E-state index is 11.6. The van der Waals surface area contributed by atoms with Crippen LogP contribution in [0.25, 0.3) is 5.69 Å². The quantitative estimate of drug-likeness (QED) is 0.704. The average Bonchev–Trinajstić information content (AvgIpc) is 2.20. The van der Waals surface area contributed by atoms with E-state index in [0.29, 0.717) is 0 Å². The summed E-state index contributed by atoms with van der Waals surface area (Å²) in [4.78, 5) is 11.6. The minimum absolute atomic E-state index is 0.0983. The molecule has 3 nitrogen and oxygen atoms in total. The van der Waals surface area contributed by atoms with Gasteiger partial charge < -0.3 is 0 Å². The van der Waals surface area contributed by atoms with Crippen molar-refractivity contribution in [3.63, 3.8) is 0 Å². The lowest BCUT2D eigenvalue weighted by Gasteiger charge is -2.04. The summed E-state index contributed by atoms with van der Waals surface area (Å²) < 4.78 is 1.40. The summed E-state index contributed by atoms with van der Waals surface area (Å²) in [6.07, 6.45) is 1.68. The Bertz CT molecular complexity index is 526. The number of nitrogens with zero attached hydrogens (tertiary/aromatic N) is 2. The standard InChI is InChI=1S/C12H12N2O/c1-9-3-5-11(6-4-9)14-12(15)7-10(2)8-13-14/h3-8H,1-2H3. The van der Waals surface area contributed by atoms with Crippen LogP contribution < -0.4 is 5.56 Å². The summed E-state index contributed by atoms with van der Waals surface area (Å²) in [7, 11) is 0. The Balaban J connectivity index is 2.55. The fourth-order valence-corrected chi connectivity index (χ4v) is 1.38. The van der Waals surface area contributed by atoms with E-state index in [-0.39, 0.29) is 5.56 Å². The molecule has 0 saturated carbocycles. The van der Waals surface area contributed by atoms with E-state index in [9.17, 15) is 4.79 Å². The molecule has 1 aromatic carbocycles. The number of benzene rings is 1. The molecule has 15 heavy (non-hydrogen) atoms. The van der Waals surface area contributed by atoms with Crippen LogP contribution in [-0.2, 0) is 0 Å². The molecule has 0 bridgehead atoms. The van der Waals surface area contributed by atoms with Gasteiger partial charge in [-0.25, -0.2) is 0 Å². The highest BCUT2D eigenvalue weighted by molar-refractivity contribution is 5.33. The summed E-state index contributed by atoms with van der Waals surface area (Å²) in [5.74, 6) is 0. The van der Waals surface area contributed by atoms with E-state index in [1.165, 1.54) is 10.2 Å². The molecule has 1 aromatic heterocycles. The maximum absolute atomic E-state index is 11.6. The van der Waals surface area contributed by atoms with Gasteiger partial charge in [0.05, 0.1) is 11.9 Å². The lowest BCUT2D eigenvalue weighted by Crippen LogP contribution is -2.20. The van der Waals surface area contributed by atoms with Crippen LogP contribution in [0.5, 0.6) is 0 Å². The molecular weight excluding hydrogens is 188 g/mol. The van der Waals surface area contributed by atoms with Crippen LogP contribution in [0.3, 0.4) is 0 Å². The van der Waals surface area contributed by atoms with E-state index in [0.717, 1.165) is 11.3 Å². The first-order valence-corrected chi connectivity index (χ1v) is 4.80. The van der Waals surface area contributed by atoms with Crippen LogP contribution in [0.4, 0.5) is 0 Å². The van der Waals surface area contributed by atoms with Crippen molar-refractivity contribution in [1.29, 1.82) is 0 Å². The molecule has 0 N–H and O–H groups in total. The number of aromatic nitrogens is 2. The Labute approximate surface area is 88.0 Å². The van der Waals surface area contributed by atoms with Gasteiger partial charge >= 0.3 is 0 Å². The molecule has 2 aromatic rings. The van der Waals surface area contributed by atoms with E-state index < -0.39 is 0 Å². The van der Waals surface area contributed by atoms with Gasteiger partial charge in [0.1, 0.15) is 0 Å². The number of rotatable bonds is 1. The summed E-state index contributed by atoms with van der Waals surface area (Å²) in [5, 5.41) is 4.08. The van der Waals surface area contributed by atoms with Crippen LogP contribution in [0.15, 0.2) is 41.3 Å². The molecule has 0 aliphatic heterocycles. The Hall–Kier alpha value is -1.90. The molecule has 0 saturated heterocycles. The van der Waals surface area contributed by atoms with Gasteiger partial charge in [0.25, 0.3) is 5.56 Å². The molecule has 0 spiro atoms. The predicted molar refractivity (Wildman–Crippen MR) is 59.3 cm³/mol. The topological polar surface area (TPSA) is 34.9 Å². The summed E-state index contributed by atoms with van der Waals surface area (Å²) in [6, 6.07) is 9.28. The van der Waals surface area contributed by atoms with Crippen LogP contribution in [-0.4, -0.2) is 9.78 Å². The van der Waals surface area contributed by atoms with E-state index >= 15 is 0 Å². The van der Waals surface area contributed by atoms with Gasteiger partial charge in [-0.1, -0.05) is 17.7 Å². The molecule has 0 radical (unpaired) electrons. The highest BCUT2D eigenvalue weighted by Crippen LogP contribution is 2.05. The van der Waals surface area contributed by atoms with Crippen LogP contribution in [0.2, 0.25) is 0 Å². The van der Waals surface area contributed by atoms with Crippen LogP contribution in [0.1, 0.15) is 11.1 Å². The third kappa shape index (κ3) is 1.96. The highest BCUT2D eigenvalue weighted by atomic mass is 16.1. The zero-order chi connectivity index (χ0) is 10.8. The fourth-order valence-electron chi connectivity index (χ4n) is 1.38. The van der Waals surface area contributed by atoms with Crippen LogP contribution in [0, 0.1) is 13.8 Å². The SMILES string of the molecule is Cc1ccc(-n2ncc(C)cc2=O)cc1. The Morgan fingerprint density at radius 2 is 1.73 bits per heavy atom. The van der Waals surface area contributed by atoms with Crippen molar-refractivity contribution in [3.8, 4) is 5.69 Å². The van der Waals surface area contributed by atoms with Crippen molar-refractivity contribution in [2.24, 2.45) is 0 Å². The van der Waals surface area contributed by atoms with Gasteiger partial charge in [-0.15, -0.1) is 0 Å². The molecule has 2 rings (SSSR count). The zero-order valence-electron chi connectivity index (χ0n) is 8.77. The minimum atomic E-state index is -0.0983. The number of hydrogen-bond donors (Lipinski definition) is 0. The lowest BCUT2D eigenvalue weighted by atomic mass is 10.2. The second kappa shape index (κ2) is 3.69. The van der Waals surface area contributed by atoms with E-state index in [4.69, 9.17) is 0 Å². The highest BCUT2D eigenvalue weighted by Gasteiger charge is 1.99. The number of aryl methyl sites for hydroxylation is 2. The molecule has 76 valence electrons. The molecule has 0 unspecified atom stereocenters. The van der Waals surface area contributed by atoms with Crippen molar-refractivity contribution < 1.29 is 0 Å². The summed E-state index contributed by atoms with van der Waals surface area (Å²) in [5.41, 5.74) is 2.74. The monoisotopic (exact) mass is 200 g/mol. The first-order chi connectivity index (χ1) is 7.16. The van der Waals surface area contributed by atoms with Crippen molar-refractivity contribution in [2.45, 2.75) is 13.8 Å². The molecule has 1 heterocycles. The van der Waals surface area contributed by atoms with Crippen molar-refractivity contribution >= 4 is 0 Å². The largest absolute Gasteiger partial charge is 0.271 e. The molecule has 0 aliphatic rings. The van der Waals surface area contributed by atoms with Gasteiger partial charge in [-0.2, -0.15) is 9.78 Å². The summed E-state index contributed by atoms with van der Waals surface area (Å²) >= 11 is 0. The van der Waals surface area contributed by atoms with E-state index in [1.54, 1.807) is 12.3 Å². The van der Waals surface area contributed by atoms with Gasteiger partial charge in [0.15, 0.2) is 0 Å². The second-order valence-corrected chi connectivity index (χ2v) is 3.62. The smallest absolute Gasteiger partial charge is 0.267 e. The Kier molecular flexibility index (Phi) is 2.37. The van der Waals surface area contributed by atoms with Crippen molar-refractivity contribution in [1.82, 2.24) is 9.78 Å². The third-order valence-electron chi connectivity index (χ3n) is 2.22.